The summed E-state index contributed by atoms with van der Waals surface area (Å²) in [5.41, 5.74) is 6.13. The third-order valence-corrected chi connectivity index (χ3v) is 7.24. The van der Waals surface area contributed by atoms with Crippen LogP contribution in [0.5, 0.6) is 0 Å². The molecule has 194 valence electrons. The van der Waals surface area contributed by atoms with E-state index in [1.54, 1.807) is 17.0 Å². The Kier molecular flexibility index (Phi) is 9.61. The number of hydrogen-bond donors (Lipinski definition) is 3. The highest BCUT2D eigenvalue weighted by Gasteiger charge is 2.34. The van der Waals surface area contributed by atoms with Crippen LogP contribution in [0.4, 0.5) is 0 Å². The van der Waals surface area contributed by atoms with Crippen LogP contribution in [0.1, 0.15) is 31.2 Å². The lowest BCUT2D eigenvalue weighted by Gasteiger charge is -2.27. The smallest absolute Gasteiger partial charge is 0.242 e. The van der Waals surface area contributed by atoms with E-state index >= 15 is 0 Å². The first-order valence-corrected chi connectivity index (χ1v) is 13.6. The summed E-state index contributed by atoms with van der Waals surface area (Å²) in [7, 11) is -3.79. The van der Waals surface area contributed by atoms with Gasteiger partial charge in [0.1, 0.15) is 6.54 Å². The summed E-state index contributed by atoms with van der Waals surface area (Å²) in [4.78, 5) is 42.8. The Bertz CT molecular complexity index is 990. The summed E-state index contributed by atoms with van der Waals surface area (Å²) in [6, 6.07) is 6.07. The highest BCUT2D eigenvalue weighted by molar-refractivity contribution is 7.89. The normalized spacial score (nSPS) is 16.3. The zero-order valence-electron chi connectivity index (χ0n) is 20.0. The quantitative estimate of drug-likeness (QED) is 0.268. The summed E-state index contributed by atoms with van der Waals surface area (Å²) < 4.78 is 22.8. The number of primary sulfonamides is 1. The van der Waals surface area contributed by atoms with Crippen molar-refractivity contribution in [3.8, 4) is 0 Å². The van der Waals surface area contributed by atoms with E-state index in [4.69, 9.17) is 10.9 Å². The van der Waals surface area contributed by atoms with Crippen LogP contribution in [0.15, 0.2) is 29.2 Å². The Morgan fingerprint density at radius 2 is 1.69 bits per heavy atom. The van der Waals surface area contributed by atoms with Crippen molar-refractivity contribution < 1.29 is 22.8 Å². The lowest BCUT2D eigenvalue weighted by Crippen LogP contribution is -2.49. The maximum Gasteiger partial charge on any atom is 0.242 e. The van der Waals surface area contributed by atoms with Gasteiger partial charge in [0.25, 0.3) is 0 Å². The van der Waals surface area contributed by atoms with Crippen LogP contribution in [-0.4, -0.2) is 99.2 Å². The van der Waals surface area contributed by atoms with E-state index in [-0.39, 0.29) is 48.9 Å². The van der Waals surface area contributed by atoms with Crippen LogP contribution in [-0.2, 0) is 30.8 Å². The lowest BCUT2D eigenvalue weighted by molar-refractivity contribution is -0.141. The van der Waals surface area contributed by atoms with E-state index < -0.39 is 15.9 Å². The van der Waals surface area contributed by atoms with Crippen molar-refractivity contribution in [2.24, 2.45) is 10.9 Å². The third-order valence-electron chi connectivity index (χ3n) is 6.31. The molecule has 0 bridgehead atoms. The van der Waals surface area contributed by atoms with Crippen LogP contribution in [0.25, 0.3) is 0 Å². The highest BCUT2D eigenvalue weighted by atomic mass is 32.2. The highest BCUT2D eigenvalue weighted by Crippen LogP contribution is 2.26. The molecule has 35 heavy (non-hydrogen) atoms. The van der Waals surface area contributed by atoms with Crippen molar-refractivity contribution in [1.82, 2.24) is 20.0 Å². The lowest BCUT2D eigenvalue weighted by atomic mass is 10.1. The second-order valence-corrected chi connectivity index (χ2v) is 10.8. The molecule has 3 rings (SSSR count). The summed E-state index contributed by atoms with van der Waals surface area (Å²) in [5.74, 6) is -1.11. The molecule has 2 aliphatic rings. The summed E-state index contributed by atoms with van der Waals surface area (Å²) in [6.45, 7) is 3.84. The van der Waals surface area contributed by atoms with Gasteiger partial charge in [-0.3, -0.25) is 14.4 Å². The molecule has 1 aliphatic carbocycles. The molecule has 0 aromatic heterocycles. The maximum atomic E-state index is 13.0. The summed E-state index contributed by atoms with van der Waals surface area (Å²) in [6.07, 6.45) is 4.55. The third kappa shape index (κ3) is 8.88. The Morgan fingerprint density at radius 3 is 2.26 bits per heavy atom. The SMILES string of the molecule is NC(=O)CN(CCc1ccc(S(N)(=O)=O)cc1)C(=O)CN(C(=O)CNCCN1CCCC1)C1CC1. The van der Waals surface area contributed by atoms with Gasteiger partial charge in [0, 0.05) is 25.7 Å². The average molecular weight is 509 g/mol. The standard InChI is InChI=1S/C23H36N6O5S/c24-21(30)16-28(13-9-18-3-7-20(8-4-18)35(25,33)34)23(32)17-29(19-5-6-19)22(31)15-26-10-14-27-11-1-2-12-27/h3-4,7-8,19,26H,1-2,5-6,9-17H2,(H2,24,30)(H2,25,33,34). The van der Waals surface area contributed by atoms with Crippen LogP contribution in [0.2, 0.25) is 0 Å². The van der Waals surface area contributed by atoms with Gasteiger partial charge in [0.2, 0.25) is 27.7 Å². The van der Waals surface area contributed by atoms with E-state index in [1.807, 2.05) is 0 Å². The monoisotopic (exact) mass is 508 g/mol. The second kappa shape index (κ2) is 12.4. The fraction of sp³-hybridized carbons (Fsp3) is 0.609. The zero-order chi connectivity index (χ0) is 25.4. The number of amides is 3. The number of nitrogens with two attached hydrogens (primary N) is 2. The van der Waals surface area contributed by atoms with Crippen LogP contribution < -0.4 is 16.2 Å². The zero-order valence-corrected chi connectivity index (χ0v) is 20.8. The van der Waals surface area contributed by atoms with Gasteiger partial charge in [-0.25, -0.2) is 13.6 Å². The van der Waals surface area contributed by atoms with E-state index in [0.29, 0.717) is 6.42 Å². The minimum absolute atomic E-state index is 0.000977. The topological polar surface area (TPSA) is 159 Å². The number of benzene rings is 1. The van der Waals surface area contributed by atoms with Gasteiger partial charge in [-0.1, -0.05) is 12.1 Å². The molecule has 1 aromatic carbocycles. The Hall–Kier alpha value is -2.54. The van der Waals surface area contributed by atoms with Crippen molar-refractivity contribution >= 4 is 27.7 Å². The molecule has 1 saturated heterocycles. The number of sulfonamides is 1. The molecule has 1 aromatic rings. The maximum absolute atomic E-state index is 13.0. The Balaban J connectivity index is 1.52. The molecule has 0 atom stereocenters. The predicted molar refractivity (Wildman–Crippen MR) is 131 cm³/mol. The number of carbonyl (C=O) groups is 3. The first kappa shape index (κ1) is 27.1. The molecule has 12 heteroatoms. The summed E-state index contributed by atoms with van der Waals surface area (Å²) in [5, 5.41) is 8.31. The van der Waals surface area contributed by atoms with E-state index in [0.717, 1.165) is 44.6 Å². The first-order chi connectivity index (χ1) is 16.6. The van der Waals surface area contributed by atoms with Crippen molar-refractivity contribution in [3.63, 3.8) is 0 Å². The average Bonchev–Trinajstić information content (AvgIpc) is 3.51. The summed E-state index contributed by atoms with van der Waals surface area (Å²) >= 11 is 0. The van der Waals surface area contributed by atoms with Crippen molar-refractivity contribution in [3.05, 3.63) is 29.8 Å². The van der Waals surface area contributed by atoms with E-state index in [9.17, 15) is 22.8 Å². The number of likely N-dealkylation sites (tertiary alicyclic amines) is 1. The van der Waals surface area contributed by atoms with Gasteiger partial charge < -0.3 is 25.8 Å². The second-order valence-electron chi connectivity index (χ2n) is 9.20. The first-order valence-electron chi connectivity index (χ1n) is 12.0. The Morgan fingerprint density at radius 1 is 1.03 bits per heavy atom. The molecule has 1 aliphatic heterocycles. The molecule has 0 spiro atoms. The molecule has 3 amide bonds. The number of hydrogen-bond acceptors (Lipinski definition) is 7. The largest absolute Gasteiger partial charge is 0.368 e. The number of primary amides is 1. The Labute approximate surface area is 206 Å². The fourth-order valence-corrected chi connectivity index (χ4v) is 4.70. The number of rotatable bonds is 14. The molecule has 0 radical (unpaired) electrons. The minimum atomic E-state index is -3.79. The van der Waals surface area contributed by atoms with Gasteiger partial charge in [-0.15, -0.1) is 0 Å². The molecular formula is C23H36N6O5S. The van der Waals surface area contributed by atoms with E-state index in [1.165, 1.54) is 29.9 Å². The van der Waals surface area contributed by atoms with Crippen molar-refractivity contribution in [1.29, 1.82) is 0 Å². The van der Waals surface area contributed by atoms with Gasteiger partial charge in [-0.2, -0.15) is 0 Å². The van der Waals surface area contributed by atoms with Gasteiger partial charge in [0.15, 0.2) is 0 Å². The molecule has 1 heterocycles. The van der Waals surface area contributed by atoms with Gasteiger partial charge >= 0.3 is 0 Å². The minimum Gasteiger partial charge on any atom is -0.368 e. The number of carbonyl (C=O) groups excluding carboxylic acids is 3. The van der Waals surface area contributed by atoms with Crippen LogP contribution in [0, 0.1) is 0 Å². The van der Waals surface area contributed by atoms with Crippen LogP contribution in [0.3, 0.4) is 0 Å². The van der Waals surface area contributed by atoms with Gasteiger partial charge in [-0.05, 0) is 62.9 Å². The molecule has 5 N–H and O–H groups in total. The predicted octanol–water partition coefficient (Wildman–Crippen LogP) is -1.13. The van der Waals surface area contributed by atoms with Crippen molar-refractivity contribution in [2.75, 3.05) is 52.4 Å². The molecule has 2 fully saturated rings. The molecule has 1 saturated carbocycles. The fourth-order valence-electron chi connectivity index (χ4n) is 4.18. The van der Waals surface area contributed by atoms with Crippen molar-refractivity contribution in [2.45, 2.75) is 43.0 Å². The molecule has 0 unspecified atom stereocenters. The van der Waals surface area contributed by atoms with E-state index in [2.05, 4.69) is 10.2 Å². The number of nitrogens with zero attached hydrogens (tertiary/aromatic N) is 3. The van der Waals surface area contributed by atoms with Gasteiger partial charge in [0.05, 0.1) is 18.0 Å². The molecule has 11 nitrogen and oxygen atoms in total. The molecular weight excluding hydrogens is 472 g/mol. The number of nitrogens with one attached hydrogen (secondary N) is 1. The van der Waals surface area contributed by atoms with Crippen LogP contribution >= 0.6 is 0 Å².